The van der Waals surface area contributed by atoms with Crippen molar-refractivity contribution in [3.8, 4) is 6.07 Å². The van der Waals surface area contributed by atoms with Crippen LogP contribution in [0.1, 0.15) is 12.8 Å². The van der Waals surface area contributed by atoms with Crippen molar-refractivity contribution in [1.29, 1.82) is 5.26 Å². The molecular weight excluding hydrogens is 220 g/mol. The van der Waals surface area contributed by atoms with E-state index in [0.717, 1.165) is 32.5 Å². The number of hydrogen-bond acceptors (Lipinski definition) is 4. The molecule has 3 aliphatic heterocycles. The summed E-state index contributed by atoms with van der Waals surface area (Å²) in [5, 5.41) is 13.3. The van der Waals surface area contributed by atoms with Crippen LogP contribution in [-0.4, -0.2) is 48.9 Å². The van der Waals surface area contributed by atoms with Crippen molar-refractivity contribution in [3.05, 3.63) is 0 Å². The number of rotatable bonds is 2. The molecule has 6 heteroatoms. The van der Waals surface area contributed by atoms with Crippen LogP contribution in [0.15, 0.2) is 0 Å². The number of nitriles is 1. The molecule has 3 aliphatic rings. The van der Waals surface area contributed by atoms with Gasteiger partial charge in [0.15, 0.2) is 0 Å². The number of nitrogens with one attached hydrogen (secondary N) is 2. The molecule has 0 saturated carbocycles. The molecule has 0 aromatic rings. The molecule has 3 rings (SSSR count). The molecule has 0 aliphatic carbocycles. The van der Waals surface area contributed by atoms with Gasteiger partial charge in [0, 0.05) is 12.6 Å². The van der Waals surface area contributed by atoms with Gasteiger partial charge in [-0.05, 0) is 31.8 Å². The quantitative estimate of drug-likeness (QED) is 0.467. The summed E-state index contributed by atoms with van der Waals surface area (Å²) in [4.78, 5) is 25.1. The normalized spacial score (nSPS) is 30.4. The average Bonchev–Trinajstić information content (AvgIpc) is 2.37. The summed E-state index contributed by atoms with van der Waals surface area (Å²) < 4.78 is 0. The van der Waals surface area contributed by atoms with Crippen LogP contribution in [0.4, 0.5) is 0 Å². The summed E-state index contributed by atoms with van der Waals surface area (Å²) in [6, 6.07) is 1.85. The molecule has 92 valence electrons. The molecule has 17 heavy (non-hydrogen) atoms. The van der Waals surface area contributed by atoms with E-state index >= 15 is 0 Å². The Morgan fingerprint density at radius 1 is 1.29 bits per heavy atom. The number of carbonyl (C=O) groups is 2. The Labute approximate surface area is 100.0 Å². The highest BCUT2D eigenvalue weighted by Gasteiger charge is 2.35. The van der Waals surface area contributed by atoms with E-state index in [2.05, 4.69) is 15.5 Å². The summed E-state index contributed by atoms with van der Waals surface area (Å²) >= 11 is 0. The Bertz CT molecular complexity index is 355. The maximum absolute atomic E-state index is 11.5. The van der Waals surface area contributed by atoms with Gasteiger partial charge in [-0.3, -0.25) is 9.59 Å². The maximum Gasteiger partial charge on any atom is 0.310 e. The minimum Gasteiger partial charge on any atom is -0.344 e. The molecule has 1 unspecified atom stereocenters. The molecule has 2 N–H and O–H groups in total. The Morgan fingerprint density at radius 2 is 2.00 bits per heavy atom. The van der Waals surface area contributed by atoms with Crippen molar-refractivity contribution < 1.29 is 9.59 Å². The van der Waals surface area contributed by atoms with E-state index in [9.17, 15) is 9.59 Å². The summed E-state index contributed by atoms with van der Waals surface area (Å²) in [6.07, 6.45) is 2.18. The number of carbonyl (C=O) groups excluding carboxylic acids is 2. The lowest BCUT2D eigenvalue weighted by Gasteiger charge is -2.44. The summed E-state index contributed by atoms with van der Waals surface area (Å²) in [5.41, 5.74) is 0. The van der Waals surface area contributed by atoms with Gasteiger partial charge >= 0.3 is 11.8 Å². The van der Waals surface area contributed by atoms with Crippen molar-refractivity contribution in [3.63, 3.8) is 0 Å². The van der Waals surface area contributed by atoms with Crippen molar-refractivity contribution in [1.82, 2.24) is 15.5 Å². The third-order valence-electron chi connectivity index (χ3n) is 3.51. The highest BCUT2D eigenvalue weighted by molar-refractivity contribution is 6.35. The Morgan fingerprint density at radius 3 is 2.53 bits per heavy atom. The van der Waals surface area contributed by atoms with Gasteiger partial charge in [-0.15, -0.1) is 0 Å². The third-order valence-corrected chi connectivity index (χ3v) is 3.51. The standard InChI is InChI=1S/C11H16N4O2/c12-3-4-13-10(16)11(17)14-9-7-15-5-1-8(9)2-6-15/h8-9H,1-2,4-7H2,(H,13,16)(H,14,17). The van der Waals surface area contributed by atoms with Gasteiger partial charge in [0.05, 0.1) is 6.07 Å². The Balaban J connectivity index is 1.83. The van der Waals surface area contributed by atoms with Gasteiger partial charge in [-0.25, -0.2) is 0 Å². The second-order valence-electron chi connectivity index (χ2n) is 4.56. The first-order chi connectivity index (χ1) is 8.20. The van der Waals surface area contributed by atoms with Crippen LogP contribution < -0.4 is 10.6 Å². The zero-order chi connectivity index (χ0) is 12.3. The molecule has 6 nitrogen and oxygen atoms in total. The van der Waals surface area contributed by atoms with Crippen LogP contribution in [0.3, 0.4) is 0 Å². The van der Waals surface area contributed by atoms with Crippen molar-refractivity contribution >= 4 is 11.8 Å². The van der Waals surface area contributed by atoms with Crippen molar-refractivity contribution in [2.24, 2.45) is 5.92 Å². The largest absolute Gasteiger partial charge is 0.344 e. The van der Waals surface area contributed by atoms with Crippen LogP contribution in [0.25, 0.3) is 0 Å². The number of amides is 2. The lowest BCUT2D eigenvalue weighted by Crippen LogP contribution is -2.58. The fourth-order valence-corrected chi connectivity index (χ4v) is 2.56. The summed E-state index contributed by atoms with van der Waals surface area (Å²) in [6.45, 7) is 2.89. The minimum absolute atomic E-state index is 0.0813. The highest BCUT2D eigenvalue weighted by Crippen LogP contribution is 2.27. The lowest BCUT2D eigenvalue weighted by atomic mass is 9.84. The van der Waals surface area contributed by atoms with Crippen LogP contribution in [0.2, 0.25) is 0 Å². The molecular formula is C11H16N4O2. The molecule has 0 aromatic carbocycles. The number of hydrogen-bond donors (Lipinski definition) is 2. The van der Waals surface area contributed by atoms with E-state index in [4.69, 9.17) is 5.26 Å². The molecule has 1 atom stereocenters. The van der Waals surface area contributed by atoms with Gasteiger partial charge < -0.3 is 15.5 Å². The molecule has 0 spiro atoms. The van der Waals surface area contributed by atoms with E-state index in [-0.39, 0.29) is 12.6 Å². The topological polar surface area (TPSA) is 85.2 Å². The molecule has 2 bridgehead atoms. The second kappa shape index (κ2) is 5.15. The van der Waals surface area contributed by atoms with Gasteiger partial charge in [0.1, 0.15) is 6.54 Å². The van der Waals surface area contributed by atoms with Gasteiger partial charge in [-0.2, -0.15) is 5.26 Å². The highest BCUT2D eigenvalue weighted by atomic mass is 16.2. The predicted octanol–water partition coefficient (Wildman–Crippen LogP) is -1.16. The van der Waals surface area contributed by atoms with E-state index in [1.165, 1.54) is 0 Å². The van der Waals surface area contributed by atoms with Gasteiger partial charge in [-0.1, -0.05) is 0 Å². The van der Waals surface area contributed by atoms with E-state index in [0.29, 0.717) is 5.92 Å². The van der Waals surface area contributed by atoms with Crippen LogP contribution >= 0.6 is 0 Å². The van der Waals surface area contributed by atoms with E-state index in [1.807, 2.05) is 0 Å². The molecule has 2 amide bonds. The third kappa shape index (κ3) is 2.74. The summed E-state index contributed by atoms with van der Waals surface area (Å²) in [7, 11) is 0. The van der Waals surface area contributed by atoms with Crippen molar-refractivity contribution in [2.45, 2.75) is 18.9 Å². The smallest absolute Gasteiger partial charge is 0.310 e. The first-order valence-electron chi connectivity index (χ1n) is 5.88. The summed E-state index contributed by atoms with van der Waals surface area (Å²) in [5.74, 6) is -0.852. The maximum atomic E-state index is 11.5. The SMILES string of the molecule is N#CCNC(=O)C(=O)NC1CN2CCC1CC2. The lowest BCUT2D eigenvalue weighted by molar-refractivity contribution is -0.140. The van der Waals surface area contributed by atoms with Crippen LogP contribution in [0, 0.1) is 17.2 Å². The fourth-order valence-electron chi connectivity index (χ4n) is 2.56. The van der Waals surface area contributed by atoms with Gasteiger partial charge in [0.25, 0.3) is 0 Å². The molecule has 3 saturated heterocycles. The van der Waals surface area contributed by atoms with E-state index < -0.39 is 11.8 Å². The Kier molecular flexibility index (Phi) is 3.59. The average molecular weight is 236 g/mol. The molecule has 3 fully saturated rings. The Hall–Kier alpha value is -1.61. The first-order valence-corrected chi connectivity index (χ1v) is 5.88. The minimum atomic E-state index is -0.719. The second-order valence-corrected chi connectivity index (χ2v) is 4.56. The molecule has 0 radical (unpaired) electrons. The monoisotopic (exact) mass is 236 g/mol. The predicted molar refractivity (Wildman–Crippen MR) is 59.7 cm³/mol. The number of piperidine rings is 3. The van der Waals surface area contributed by atoms with E-state index in [1.54, 1.807) is 6.07 Å². The molecule has 0 aromatic heterocycles. The fraction of sp³-hybridized carbons (Fsp3) is 0.727. The van der Waals surface area contributed by atoms with Crippen LogP contribution in [-0.2, 0) is 9.59 Å². The van der Waals surface area contributed by atoms with Gasteiger partial charge in [0.2, 0.25) is 0 Å². The number of fused-ring (bicyclic) bond motifs is 3. The number of nitrogens with zero attached hydrogens (tertiary/aromatic N) is 2. The molecule has 3 heterocycles. The zero-order valence-electron chi connectivity index (χ0n) is 9.61. The van der Waals surface area contributed by atoms with Crippen molar-refractivity contribution in [2.75, 3.05) is 26.2 Å². The zero-order valence-corrected chi connectivity index (χ0v) is 9.61. The van der Waals surface area contributed by atoms with Crippen LogP contribution in [0.5, 0.6) is 0 Å². The first kappa shape index (κ1) is 11.9.